The quantitative estimate of drug-likeness (QED) is 0.528. The van der Waals surface area contributed by atoms with Crippen LogP contribution in [0.2, 0.25) is 0 Å². The van der Waals surface area contributed by atoms with Crippen LogP contribution in [0.1, 0.15) is 91.9 Å². The van der Waals surface area contributed by atoms with Crippen LogP contribution < -0.4 is 0 Å². The van der Waals surface area contributed by atoms with E-state index in [1.165, 1.54) is 48.8 Å². The minimum Gasteiger partial charge on any atom is -0.393 e. The van der Waals surface area contributed by atoms with E-state index in [-0.39, 0.29) is 17.6 Å². The van der Waals surface area contributed by atoms with Gasteiger partial charge in [-0.2, -0.15) is 0 Å². The molecule has 0 aromatic rings. The summed E-state index contributed by atoms with van der Waals surface area (Å²) >= 11 is 0. The summed E-state index contributed by atoms with van der Waals surface area (Å²) in [4.78, 5) is 0. The summed E-state index contributed by atoms with van der Waals surface area (Å²) in [5.41, 5.74) is 4.04. The molecular formula is C27H44O2. The van der Waals surface area contributed by atoms with Crippen LogP contribution in [0.15, 0.2) is 35.5 Å². The molecule has 0 saturated heterocycles. The minimum absolute atomic E-state index is 0.218. The molecule has 3 saturated carbocycles. The molecule has 0 aliphatic heterocycles. The van der Waals surface area contributed by atoms with Crippen LogP contribution in [0.3, 0.4) is 0 Å². The van der Waals surface area contributed by atoms with Crippen molar-refractivity contribution in [3.8, 4) is 0 Å². The predicted molar refractivity (Wildman–Crippen MR) is 123 cm³/mol. The molecule has 6 atom stereocenters. The molecule has 3 rings (SSSR count). The Labute approximate surface area is 179 Å². The third-order valence-corrected chi connectivity index (χ3v) is 8.32. The summed E-state index contributed by atoms with van der Waals surface area (Å²) in [6.07, 6.45) is 14.8. The number of aliphatic hydroxyl groups is 2. The number of hydrogen-bond donors (Lipinski definition) is 2. The lowest BCUT2D eigenvalue weighted by Crippen LogP contribution is -2.40. The fraction of sp³-hybridized carbons (Fsp3) is 0.778. The first kappa shape index (κ1) is 22.8. The zero-order valence-corrected chi connectivity index (χ0v) is 19.3. The normalized spacial score (nSPS) is 39.3. The first-order chi connectivity index (χ1) is 13.7. The molecule has 0 unspecified atom stereocenters. The van der Waals surface area contributed by atoms with Crippen molar-refractivity contribution in [2.24, 2.45) is 29.1 Å². The predicted octanol–water partition coefficient (Wildman–Crippen LogP) is 6.59. The highest BCUT2D eigenvalue weighted by atomic mass is 16.3. The average Bonchev–Trinajstić information content (AvgIpc) is 2.98. The second-order valence-corrected chi connectivity index (χ2v) is 11.0. The SMILES string of the molecule is C=C1CC[C@H](O)C/C1=C/C=C1\C[C@H](O)C[C@]2(C)[C@@H]([C@H](C)CCCC(C)C)CC[C@@H]12. The standard InChI is InChI=1S/C27H44O2/c1-18(2)7-6-8-20(4)25-13-14-26-22(16-24(29)17-27(25,26)5)11-10-21-15-23(28)12-9-19(21)3/h10-11,18,20,23-26,28-29H,3,6-9,12-17H2,1-2,4-5H3/b21-10-,22-11+/t20-,23+,24+,25-,26+,27-/m1/s1. The summed E-state index contributed by atoms with van der Waals surface area (Å²) in [5, 5.41) is 20.8. The van der Waals surface area contributed by atoms with Gasteiger partial charge in [0, 0.05) is 0 Å². The minimum atomic E-state index is -0.227. The van der Waals surface area contributed by atoms with Gasteiger partial charge in [-0.05, 0) is 79.6 Å². The topological polar surface area (TPSA) is 40.5 Å². The fourth-order valence-corrected chi connectivity index (χ4v) is 6.72. The highest BCUT2D eigenvalue weighted by Gasteiger charge is 2.52. The maximum atomic E-state index is 10.8. The number of aliphatic hydroxyl groups excluding tert-OH is 2. The van der Waals surface area contributed by atoms with E-state index in [4.69, 9.17) is 0 Å². The van der Waals surface area contributed by atoms with Crippen molar-refractivity contribution in [1.82, 2.24) is 0 Å². The molecule has 0 radical (unpaired) electrons. The number of rotatable bonds is 6. The molecule has 0 aromatic heterocycles. The van der Waals surface area contributed by atoms with Crippen molar-refractivity contribution < 1.29 is 10.2 Å². The molecule has 3 fully saturated rings. The van der Waals surface area contributed by atoms with E-state index >= 15 is 0 Å². The maximum absolute atomic E-state index is 10.8. The monoisotopic (exact) mass is 400 g/mol. The van der Waals surface area contributed by atoms with Gasteiger partial charge in [0.25, 0.3) is 0 Å². The van der Waals surface area contributed by atoms with Gasteiger partial charge in [-0.3, -0.25) is 0 Å². The van der Waals surface area contributed by atoms with Crippen molar-refractivity contribution in [3.63, 3.8) is 0 Å². The molecule has 2 N–H and O–H groups in total. The lowest BCUT2D eigenvalue weighted by molar-refractivity contribution is 0.0164. The Morgan fingerprint density at radius 3 is 2.52 bits per heavy atom. The van der Waals surface area contributed by atoms with Gasteiger partial charge in [0.05, 0.1) is 12.2 Å². The lowest BCUT2D eigenvalue weighted by Gasteiger charge is -2.46. The molecule has 164 valence electrons. The van der Waals surface area contributed by atoms with Crippen molar-refractivity contribution in [1.29, 1.82) is 0 Å². The zero-order chi connectivity index (χ0) is 21.2. The Morgan fingerprint density at radius 1 is 1.03 bits per heavy atom. The van der Waals surface area contributed by atoms with Gasteiger partial charge in [0.15, 0.2) is 0 Å². The Bertz CT molecular complexity index is 643. The van der Waals surface area contributed by atoms with Crippen LogP contribution in [-0.2, 0) is 0 Å². The molecule has 2 heteroatoms. The highest BCUT2D eigenvalue weighted by Crippen LogP contribution is 2.60. The number of hydrogen-bond acceptors (Lipinski definition) is 2. The van der Waals surface area contributed by atoms with Gasteiger partial charge in [-0.15, -0.1) is 0 Å². The Hall–Kier alpha value is -0.860. The van der Waals surface area contributed by atoms with Crippen LogP contribution in [0.5, 0.6) is 0 Å². The van der Waals surface area contributed by atoms with Crippen LogP contribution in [0.4, 0.5) is 0 Å². The second-order valence-electron chi connectivity index (χ2n) is 11.0. The molecule has 0 amide bonds. The highest BCUT2D eigenvalue weighted by molar-refractivity contribution is 5.36. The molecule has 0 heterocycles. The molecular weight excluding hydrogens is 356 g/mol. The maximum Gasteiger partial charge on any atom is 0.0583 e. The number of allylic oxidation sites excluding steroid dienone is 3. The van der Waals surface area contributed by atoms with E-state index < -0.39 is 0 Å². The van der Waals surface area contributed by atoms with Crippen LogP contribution >= 0.6 is 0 Å². The first-order valence-corrected chi connectivity index (χ1v) is 12.1. The van der Waals surface area contributed by atoms with Crippen LogP contribution in [0, 0.1) is 29.1 Å². The van der Waals surface area contributed by atoms with E-state index in [0.29, 0.717) is 5.92 Å². The summed E-state index contributed by atoms with van der Waals surface area (Å²) < 4.78 is 0. The van der Waals surface area contributed by atoms with E-state index in [9.17, 15) is 10.2 Å². The summed E-state index contributed by atoms with van der Waals surface area (Å²) in [7, 11) is 0. The summed E-state index contributed by atoms with van der Waals surface area (Å²) in [6.45, 7) is 13.8. The van der Waals surface area contributed by atoms with Gasteiger partial charge in [0.2, 0.25) is 0 Å². The van der Waals surface area contributed by atoms with E-state index in [0.717, 1.165) is 49.9 Å². The van der Waals surface area contributed by atoms with Gasteiger partial charge in [-0.1, -0.05) is 76.8 Å². The van der Waals surface area contributed by atoms with Gasteiger partial charge in [-0.25, -0.2) is 0 Å². The molecule has 2 nitrogen and oxygen atoms in total. The third kappa shape index (κ3) is 5.25. The van der Waals surface area contributed by atoms with E-state index in [2.05, 4.69) is 46.4 Å². The zero-order valence-electron chi connectivity index (χ0n) is 19.3. The Morgan fingerprint density at radius 2 is 1.79 bits per heavy atom. The summed E-state index contributed by atoms with van der Waals surface area (Å²) in [6, 6.07) is 0. The third-order valence-electron chi connectivity index (χ3n) is 8.32. The van der Waals surface area contributed by atoms with E-state index in [1.807, 2.05) is 0 Å². The fourth-order valence-electron chi connectivity index (χ4n) is 6.72. The van der Waals surface area contributed by atoms with Crippen LogP contribution in [-0.4, -0.2) is 22.4 Å². The Balaban J connectivity index is 1.75. The Kier molecular flexibility index (Phi) is 7.49. The lowest BCUT2D eigenvalue weighted by atomic mass is 9.60. The largest absolute Gasteiger partial charge is 0.393 e. The first-order valence-electron chi connectivity index (χ1n) is 12.1. The smallest absolute Gasteiger partial charge is 0.0583 e. The molecule has 3 aliphatic rings. The van der Waals surface area contributed by atoms with Crippen molar-refractivity contribution in [3.05, 3.63) is 35.5 Å². The molecule has 29 heavy (non-hydrogen) atoms. The molecule has 3 aliphatic carbocycles. The van der Waals surface area contributed by atoms with Crippen molar-refractivity contribution in [2.75, 3.05) is 0 Å². The van der Waals surface area contributed by atoms with Gasteiger partial charge >= 0.3 is 0 Å². The van der Waals surface area contributed by atoms with Crippen molar-refractivity contribution in [2.45, 2.75) is 104 Å². The number of fused-ring (bicyclic) bond motifs is 1. The molecule has 0 spiro atoms. The molecule has 0 aromatic carbocycles. The van der Waals surface area contributed by atoms with E-state index in [1.54, 1.807) is 0 Å². The van der Waals surface area contributed by atoms with Crippen LogP contribution in [0.25, 0.3) is 0 Å². The summed E-state index contributed by atoms with van der Waals surface area (Å²) in [5.74, 6) is 2.85. The molecule has 0 bridgehead atoms. The van der Waals surface area contributed by atoms with Gasteiger partial charge < -0.3 is 10.2 Å². The second kappa shape index (κ2) is 9.52. The van der Waals surface area contributed by atoms with Crippen molar-refractivity contribution >= 4 is 0 Å². The average molecular weight is 401 g/mol. The van der Waals surface area contributed by atoms with Gasteiger partial charge in [0.1, 0.15) is 0 Å².